The number of rotatable bonds is 8. The van der Waals surface area contributed by atoms with E-state index in [1.807, 2.05) is 0 Å². The van der Waals surface area contributed by atoms with E-state index >= 15 is 0 Å². The minimum atomic E-state index is -3.69. The Labute approximate surface area is 156 Å². The molecule has 2 rings (SSSR count). The highest BCUT2D eigenvalue weighted by Gasteiger charge is 2.21. The Hall–Kier alpha value is -2.98. The Kier molecular flexibility index (Phi) is 6.48. The molecule has 0 radical (unpaired) electrons. The molecule has 2 aromatic rings. The number of nitrogens with zero attached hydrogens (tertiary/aromatic N) is 1. The summed E-state index contributed by atoms with van der Waals surface area (Å²) in [5.74, 6) is -0.615. The Morgan fingerprint density at radius 3 is 2.56 bits per heavy atom. The highest BCUT2D eigenvalue weighted by atomic mass is 32.2. The van der Waals surface area contributed by atoms with Crippen molar-refractivity contribution in [1.82, 2.24) is 9.88 Å². The molecule has 1 aromatic heterocycles. The number of sulfonamides is 1. The van der Waals surface area contributed by atoms with Crippen molar-refractivity contribution in [1.29, 1.82) is 0 Å². The molecule has 0 unspecified atom stereocenters. The predicted molar refractivity (Wildman–Crippen MR) is 96.6 cm³/mol. The molecule has 0 saturated heterocycles. The van der Waals surface area contributed by atoms with Crippen molar-refractivity contribution < 1.29 is 27.3 Å². The van der Waals surface area contributed by atoms with Crippen LogP contribution in [0.2, 0.25) is 0 Å². The third-order valence-electron chi connectivity index (χ3n) is 3.35. The summed E-state index contributed by atoms with van der Waals surface area (Å²) in [4.78, 5) is 24.1. The van der Waals surface area contributed by atoms with Gasteiger partial charge in [0.25, 0.3) is 5.91 Å². The average Bonchev–Trinajstić information content (AvgIpc) is 3.04. The van der Waals surface area contributed by atoms with Crippen molar-refractivity contribution in [2.75, 3.05) is 11.9 Å². The van der Waals surface area contributed by atoms with E-state index in [1.165, 1.54) is 43.3 Å². The number of hydrogen-bond acceptors (Lipinski definition) is 7. The van der Waals surface area contributed by atoms with Crippen LogP contribution >= 0.6 is 0 Å². The van der Waals surface area contributed by atoms with Crippen LogP contribution in [0.4, 0.5) is 5.82 Å². The first-order valence-electron chi connectivity index (χ1n) is 7.88. The molecule has 9 nitrogen and oxygen atoms in total. The molecule has 0 spiro atoms. The van der Waals surface area contributed by atoms with Gasteiger partial charge in [-0.3, -0.25) is 4.79 Å². The lowest BCUT2D eigenvalue weighted by Gasteiger charge is -2.12. The lowest BCUT2D eigenvalue weighted by atomic mass is 10.2. The van der Waals surface area contributed by atoms with Gasteiger partial charge in [0.05, 0.1) is 10.5 Å². The van der Waals surface area contributed by atoms with E-state index in [0.29, 0.717) is 5.76 Å². The van der Waals surface area contributed by atoms with Gasteiger partial charge in [0.15, 0.2) is 11.9 Å². The molecule has 0 aliphatic heterocycles. The fourth-order valence-corrected chi connectivity index (χ4v) is 2.96. The highest BCUT2D eigenvalue weighted by Crippen LogP contribution is 2.13. The third-order valence-corrected chi connectivity index (χ3v) is 4.79. The summed E-state index contributed by atoms with van der Waals surface area (Å²) >= 11 is 0. The maximum absolute atomic E-state index is 12.1. The summed E-state index contributed by atoms with van der Waals surface area (Å²) in [6.45, 7) is 6.59. The maximum atomic E-state index is 12.1. The van der Waals surface area contributed by atoms with Gasteiger partial charge in [0, 0.05) is 12.6 Å². The van der Waals surface area contributed by atoms with Crippen LogP contribution in [0.25, 0.3) is 0 Å². The van der Waals surface area contributed by atoms with Gasteiger partial charge in [-0.25, -0.2) is 17.9 Å². The number of hydrogen-bond donors (Lipinski definition) is 2. The van der Waals surface area contributed by atoms with Crippen LogP contribution in [0.15, 0.2) is 52.4 Å². The molecule has 1 heterocycles. The zero-order chi connectivity index (χ0) is 20.0. The van der Waals surface area contributed by atoms with Crippen LogP contribution in [0.1, 0.15) is 23.0 Å². The zero-order valence-corrected chi connectivity index (χ0v) is 15.6. The summed E-state index contributed by atoms with van der Waals surface area (Å²) in [5.41, 5.74) is 0.106. The van der Waals surface area contributed by atoms with Gasteiger partial charge in [-0.1, -0.05) is 11.2 Å². The fourth-order valence-electron chi connectivity index (χ4n) is 1.96. The number of amides is 1. The van der Waals surface area contributed by atoms with Crippen molar-refractivity contribution in [2.24, 2.45) is 0 Å². The van der Waals surface area contributed by atoms with E-state index in [0.717, 1.165) is 0 Å². The number of esters is 1. The maximum Gasteiger partial charge on any atom is 0.338 e. The molecule has 0 bridgehead atoms. The van der Waals surface area contributed by atoms with E-state index in [1.54, 1.807) is 6.92 Å². The van der Waals surface area contributed by atoms with E-state index in [-0.39, 0.29) is 22.8 Å². The van der Waals surface area contributed by atoms with Crippen LogP contribution in [-0.2, 0) is 19.6 Å². The number of aromatic nitrogens is 1. The van der Waals surface area contributed by atoms with Crippen LogP contribution in [0.3, 0.4) is 0 Å². The number of benzene rings is 1. The number of carbonyl (C=O) groups is 2. The van der Waals surface area contributed by atoms with E-state index in [4.69, 9.17) is 9.26 Å². The second-order valence-electron chi connectivity index (χ2n) is 5.52. The number of carbonyl (C=O) groups excluding carboxylic acids is 2. The smallest absolute Gasteiger partial charge is 0.338 e. The van der Waals surface area contributed by atoms with Gasteiger partial charge in [-0.15, -0.1) is 6.58 Å². The first-order chi connectivity index (χ1) is 12.7. The molecular formula is C17H19N3O6S. The molecule has 144 valence electrons. The van der Waals surface area contributed by atoms with E-state index in [2.05, 4.69) is 21.8 Å². The van der Waals surface area contributed by atoms with E-state index < -0.39 is 28.0 Å². The SMILES string of the molecule is C=CCNS(=O)(=O)c1ccc(C(=O)O[C@H](C)C(=O)Nc2cc(C)on2)cc1. The Bertz CT molecular complexity index is 934. The molecule has 10 heteroatoms. The first kappa shape index (κ1) is 20.3. The first-order valence-corrected chi connectivity index (χ1v) is 9.37. The fraction of sp³-hybridized carbons (Fsp3) is 0.235. The van der Waals surface area contributed by atoms with Gasteiger partial charge < -0.3 is 14.6 Å². The number of ether oxygens (including phenoxy) is 1. The molecule has 0 aliphatic rings. The quantitative estimate of drug-likeness (QED) is 0.515. The molecule has 27 heavy (non-hydrogen) atoms. The summed E-state index contributed by atoms with van der Waals surface area (Å²) in [5, 5.41) is 6.06. The third kappa shape index (κ3) is 5.50. The molecule has 0 aliphatic carbocycles. The average molecular weight is 393 g/mol. The van der Waals surface area contributed by atoms with Gasteiger partial charge in [-0.2, -0.15) is 0 Å². The molecular weight excluding hydrogens is 374 g/mol. The molecule has 2 N–H and O–H groups in total. The van der Waals surface area contributed by atoms with Crippen molar-refractivity contribution in [3.8, 4) is 0 Å². The topological polar surface area (TPSA) is 128 Å². The van der Waals surface area contributed by atoms with Crippen LogP contribution in [0.5, 0.6) is 0 Å². The molecule has 1 atom stereocenters. The van der Waals surface area contributed by atoms with Gasteiger partial charge >= 0.3 is 5.97 Å². The Morgan fingerprint density at radius 1 is 1.33 bits per heavy atom. The Morgan fingerprint density at radius 2 is 2.00 bits per heavy atom. The minimum absolute atomic E-state index is 0.00639. The number of anilines is 1. The van der Waals surface area contributed by atoms with E-state index in [9.17, 15) is 18.0 Å². The lowest BCUT2D eigenvalue weighted by Crippen LogP contribution is -2.30. The van der Waals surface area contributed by atoms with Crippen molar-refractivity contribution >= 4 is 27.7 Å². The van der Waals surface area contributed by atoms with Gasteiger partial charge in [0.2, 0.25) is 10.0 Å². The second-order valence-corrected chi connectivity index (χ2v) is 7.29. The highest BCUT2D eigenvalue weighted by molar-refractivity contribution is 7.89. The number of nitrogens with one attached hydrogen (secondary N) is 2. The van der Waals surface area contributed by atoms with Gasteiger partial charge in [-0.05, 0) is 38.1 Å². The van der Waals surface area contributed by atoms with Crippen LogP contribution in [-0.4, -0.2) is 38.1 Å². The Balaban J connectivity index is 1.98. The van der Waals surface area contributed by atoms with Gasteiger partial charge in [0.1, 0.15) is 5.76 Å². The standard InChI is InChI=1S/C17H19N3O6S/c1-4-9-18-27(23,24)14-7-5-13(6-8-14)17(22)25-12(3)16(21)19-15-10-11(2)26-20-15/h4-8,10,12,18H,1,9H2,2-3H3,(H,19,20,21)/t12-/m1/s1. The summed E-state index contributed by atoms with van der Waals surface area (Å²) < 4.78 is 36.2. The van der Waals surface area contributed by atoms with Crippen LogP contribution in [0, 0.1) is 6.92 Å². The zero-order valence-electron chi connectivity index (χ0n) is 14.8. The predicted octanol–water partition coefficient (Wildman–Crippen LogP) is 1.63. The normalized spacial score (nSPS) is 12.2. The second kappa shape index (κ2) is 8.60. The monoisotopic (exact) mass is 393 g/mol. The van der Waals surface area contributed by atoms with Crippen molar-refractivity contribution in [3.05, 3.63) is 54.3 Å². The number of aryl methyl sites for hydroxylation is 1. The molecule has 0 fully saturated rings. The summed E-state index contributed by atoms with van der Waals surface area (Å²) in [6.07, 6.45) is 0.322. The molecule has 1 amide bonds. The largest absolute Gasteiger partial charge is 0.449 e. The van der Waals surface area contributed by atoms with Crippen molar-refractivity contribution in [2.45, 2.75) is 24.8 Å². The molecule has 0 saturated carbocycles. The summed E-state index contributed by atoms with van der Waals surface area (Å²) in [7, 11) is -3.69. The van der Waals surface area contributed by atoms with Crippen molar-refractivity contribution in [3.63, 3.8) is 0 Å². The molecule has 1 aromatic carbocycles. The lowest BCUT2D eigenvalue weighted by molar-refractivity contribution is -0.123. The summed E-state index contributed by atoms with van der Waals surface area (Å²) in [6, 6.07) is 6.66. The van der Waals surface area contributed by atoms with Crippen LogP contribution < -0.4 is 10.0 Å². The minimum Gasteiger partial charge on any atom is -0.449 e.